The van der Waals surface area contributed by atoms with E-state index in [1.54, 1.807) is 34.4 Å². The van der Waals surface area contributed by atoms with Crippen LogP contribution in [0.15, 0.2) is 45.8 Å². The standard InChI is InChI=1S/C13H9NOS3/c15-14-8-9-3-4-12(17-9)13-6-5-11(18-13)10-2-1-7-16-10/h1-2,4-7,15H,3H2. The van der Waals surface area contributed by atoms with E-state index >= 15 is 0 Å². The maximum atomic E-state index is 8.47. The zero-order chi connectivity index (χ0) is 12.4. The van der Waals surface area contributed by atoms with Gasteiger partial charge in [0.1, 0.15) is 0 Å². The lowest BCUT2D eigenvalue weighted by Gasteiger charge is -1.95. The Morgan fingerprint density at radius 3 is 2.83 bits per heavy atom. The summed E-state index contributed by atoms with van der Waals surface area (Å²) in [4.78, 5) is 6.06. The first-order valence-electron chi connectivity index (χ1n) is 5.35. The molecule has 0 aromatic carbocycles. The van der Waals surface area contributed by atoms with E-state index in [1.807, 2.05) is 0 Å². The van der Waals surface area contributed by atoms with Gasteiger partial charge < -0.3 is 5.21 Å². The fourth-order valence-electron chi connectivity index (χ4n) is 1.70. The zero-order valence-corrected chi connectivity index (χ0v) is 11.7. The van der Waals surface area contributed by atoms with Crippen molar-refractivity contribution in [1.82, 2.24) is 0 Å². The van der Waals surface area contributed by atoms with Crippen molar-refractivity contribution < 1.29 is 5.21 Å². The first kappa shape index (κ1) is 11.8. The third-order valence-corrected chi connectivity index (χ3v) is 5.92. The number of hydrogen-bond acceptors (Lipinski definition) is 5. The molecule has 0 atom stereocenters. The van der Waals surface area contributed by atoms with Crippen molar-refractivity contribution in [3.05, 3.63) is 45.5 Å². The summed E-state index contributed by atoms with van der Waals surface area (Å²) < 4.78 is 0. The number of rotatable bonds is 2. The minimum absolute atomic E-state index is 0.802. The summed E-state index contributed by atoms with van der Waals surface area (Å²) in [6, 6.07) is 8.52. The molecule has 3 rings (SSSR count). The summed E-state index contributed by atoms with van der Waals surface area (Å²) in [7, 11) is 0. The summed E-state index contributed by atoms with van der Waals surface area (Å²) in [5, 5.41) is 13.5. The number of allylic oxidation sites excluding steroid dienone is 2. The lowest BCUT2D eigenvalue weighted by Crippen LogP contribution is -1.68. The molecule has 0 radical (unpaired) electrons. The highest BCUT2D eigenvalue weighted by atomic mass is 32.2. The first-order chi connectivity index (χ1) is 8.86. The van der Waals surface area contributed by atoms with Gasteiger partial charge in [0.2, 0.25) is 0 Å². The summed E-state index contributed by atoms with van der Waals surface area (Å²) in [5.41, 5.74) is 0. The van der Waals surface area contributed by atoms with Gasteiger partial charge in [-0.05, 0) is 28.7 Å². The van der Waals surface area contributed by atoms with Gasteiger partial charge in [-0.3, -0.25) is 0 Å². The fourth-order valence-corrected chi connectivity index (χ4v) is 4.58. The highest BCUT2D eigenvalue weighted by Gasteiger charge is 2.15. The molecule has 5 heteroatoms. The predicted molar refractivity (Wildman–Crippen MR) is 80.6 cm³/mol. The van der Waals surface area contributed by atoms with Crippen LogP contribution < -0.4 is 0 Å². The van der Waals surface area contributed by atoms with E-state index in [2.05, 4.69) is 46.7 Å². The molecule has 0 unspecified atom stereocenters. The number of hydrogen-bond donors (Lipinski definition) is 1. The molecule has 1 aliphatic rings. The van der Waals surface area contributed by atoms with Crippen molar-refractivity contribution in [2.45, 2.75) is 6.42 Å². The Morgan fingerprint density at radius 2 is 2.06 bits per heavy atom. The number of thioether (sulfide) groups is 1. The number of thiophene rings is 2. The number of nitrogens with zero attached hydrogens (tertiary/aromatic N) is 1. The predicted octanol–water partition coefficient (Wildman–Crippen LogP) is 4.90. The molecular weight excluding hydrogens is 282 g/mol. The summed E-state index contributed by atoms with van der Waals surface area (Å²) >= 11 is 5.18. The quantitative estimate of drug-likeness (QED) is 0.485. The highest BCUT2D eigenvalue weighted by molar-refractivity contribution is 8.12. The van der Waals surface area contributed by atoms with E-state index in [-0.39, 0.29) is 0 Å². The molecule has 2 aromatic heterocycles. The third-order valence-electron chi connectivity index (χ3n) is 2.49. The minimum Gasteiger partial charge on any atom is -0.404 e. The van der Waals surface area contributed by atoms with Crippen molar-refractivity contribution in [1.29, 1.82) is 0 Å². The average Bonchev–Trinajstić information content (AvgIpc) is 3.10. The Hall–Kier alpha value is -1.26. The van der Waals surface area contributed by atoms with E-state index in [1.165, 1.54) is 19.5 Å². The first-order valence-corrected chi connectivity index (χ1v) is 7.86. The van der Waals surface area contributed by atoms with Crippen molar-refractivity contribution >= 4 is 45.2 Å². The van der Waals surface area contributed by atoms with Crippen LogP contribution in [0.5, 0.6) is 0 Å². The van der Waals surface area contributed by atoms with E-state index in [0.717, 1.165) is 11.3 Å². The molecule has 2 nitrogen and oxygen atoms in total. The van der Waals surface area contributed by atoms with Gasteiger partial charge in [-0.1, -0.05) is 23.9 Å². The monoisotopic (exact) mass is 291 g/mol. The molecule has 0 spiro atoms. The normalized spacial score (nSPS) is 14.4. The summed E-state index contributed by atoms with van der Waals surface area (Å²) in [5.74, 6) is 2.59. The summed E-state index contributed by atoms with van der Waals surface area (Å²) in [6.07, 6.45) is 2.96. The molecule has 0 bridgehead atoms. The van der Waals surface area contributed by atoms with Crippen LogP contribution >= 0.6 is 34.4 Å². The Balaban J connectivity index is 1.85. The van der Waals surface area contributed by atoms with Crippen molar-refractivity contribution in [2.75, 3.05) is 0 Å². The van der Waals surface area contributed by atoms with Gasteiger partial charge in [0.15, 0.2) is 0 Å². The average molecular weight is 291 g/mol. The molecule has 0 fully saturated rings. The minimum atomic E-state index is 0.802. The van der Waals surface area contributed by atoms with Crippen molar-refractivity contribution in [3.8, 4) is 9.75 Å². The molecular formula is C13H9NOS3. The lowest BCUT2D eigenvalue weighted by atomic mass is 10.3. The molecule has 90 valence electrons. The smallest absolute Gasteiger partial charge is 0.0583 e. The second kappa shape index (κ2) is 5.16. The Bertz CT molecular complexity index is 646. The zero-order valence-electron chi connectivity index (χ0n) is 9.29. The van der Waals surface area contributed by atoms with E-state index in [0.29, 0.717) is 0 Å². The SMILES string of the molecule is ON=C=C1CC=C(c2ccc(-c3cccs3)s2)S1. The Morgan fingerprint density at radius 1 is 1.17 bits per heavy atom. The van der Waals surface area contributed by atoms with Gasteiger partial charge in [-0.15, -0.1) is 22.7 Å². The third kappa shape index (κ3) is 2.31. The molecule has 1 aliphatic heterocycles. The fraction of sp³-hybridized carbons (Fsp3) is 0.0769. The van der Waals surface area contributed by atoms with Crippen LogP contribution in [-0.4, -0.2) is 11.1 Å². The molecule has 0 saturated heterocycles. The summed E-state index contributed by atoms with van der Waals surface area (Å²) in [6.45, 7) is 0. The van der Waals surface area contributed by atoms with Gasteiger partial charge in [-0.2, -0.15) is 0 Å². The van der Waals surface area contributed by atoms with Crippen molar-refractivity contribution in [2.24, 2.45) is 5.16 Å². The van der Waals surface area contributed by atoms with Crippen LogP contribution in [0.2, 0.25) is 0 Å². The van der Waals surface area contributed by atoms with Crippen LogP contribution in [0.1, 0.15) is 11.3 Å². The van der Waals surface area contributed by atoms with Gasteiger partial charge >= 0.3 is 0 Å². The molecule has 0 amide bonds. The second-order valence-electron chi connectivity index (χ2n) is 3.65. The molecule has 1 N–H and O–H groups in total. The molecule has 0 aliphatic carbocycles. The maximum Gasteiger partial charge on any atom is 0.0583 e. The molecule has 18 heavy (non-hydrogen) atoms. The largest absolute Gasteiger partial charge is 0.404 e. The molecule has 3 heterocycles. The van der Waals surface area contributed by atoms with E-state index in [9.17, 15) is 0 Å². The Labute approximate surface area is 117 Å². The molecule has 0 saturated carbocycles. The van der Waals surface area contributed by atoms with E-state index in [4.69, 9.17) is 5.21 Å². The van der Waals surface area contributed by atoms with Gasteiger partial charge in [0, 0.05) is 31.8 Å². The van der Waals surface area contributed by atoms with Crippen LogP contribution in [0.3, 0.4) is 0 Å². The van der Waals surface area contributed by atoms with Gasteiger partial charge in [0.05, 0.1) is 4.91 Å². The van der Waals surface area contributed by atoms with Gasteiger partial charge in [0.25, 0.3) is 0 Å². The topological polar surface area (TPSA) is 32.6 Å². The molecule has 2 aromatic rings. The van der Waals surface area contributed by atoms with E-state index < -0.39 is 0 Å². The maximum absolute atomic E-state index is 8.47. The van der Waals surface area contributed by atoms with Crippen LogP contribution in [-0.2, 0) is 0 Å². The second-order valence-corrected chi connectivity index (χ2v) is 6.82. The van der Waals surface area contributed by atoms with Crippen LogP contribution in [0.25, 0.3) is 14.7 Å². The van der Waals surface area contributed by atoms with Crippen molar-refractivity contribution in [3.63, 3.8) is 0 Å². The Kier molecular flexibility index (Phi) is 3.39. The van der Waals surface area contributed by atoms with Crippen LogP contribution in [0.4, 0.5) is 0 Å². The highest BCUT2D eigenvalue weighted by Crippen LogP contribution is 2.44. The van der Waals surface area contributed by atoms with Crippen LogP contribution in [0, 0.1) is 0 Å². The van der Waals surface area contributed by atoms with Gasteiger partial charge in [-0.25, -0.2) is 0 Å². The lowest BCUT2D eigenvalue weighted by molar-refractivity contribution is 0.322.